The molecule has 0 aliphatic carbocycles. The third-order valence-corrected chi connectivity index (χ3v) is 1.04. The van der Waals surface area contributed by atoms with E-state index in [1.165, 1.54) is 6.92 Å². The van der Waals surface area contributed by atoms with Crippen LogP contribution < -0.4 is 0 Å². The number of hydrogen-bond acceptors (Lipinski definition) is 3. The lowest BCUT2D eigenvalue weighted by atomic mass is 11.0. The molecule has 0 N–H and O–H groups in total. The molecule has 0 unspecified atom stereocenters. The van der Waals surface area contributed by atoms with Crippen LogP contribution in [0, 0.1) is 11.3 Å². The van der Waals surface area contributed by atoms with Crippen molar-refractivity contribution in [2.75, 3.05) is 6.01 Å². The molecule has 0 atom stereocenters. The normalized spacial score (nSPS) is 9.82. The number of nitriles is 1. The maximum atomic E-state index is 10.9. The molecular weight excluding hydrogens is 185 g/mol. The van der Waals surface area contributed by atoms with Gasteiger partial charge in [-0.15, -0.1) is 0 Å². The summed E-state index contributed by atoms with van der Waals surface area (Å²) in [5, 5.41) is 7.32. The summed E-state index contributed by atoms with van der Waals surface area (Å²) in [7, 11) is -4.90. The zero-order valence-electron chi connectivity index (χ0n) is 5.46. The van der Waals surface area contributed by atoms with E-state index in [4.69, 9.17) is 5.26 Å². The van der Waals surface area contributed by atoms with Crippen molar-refractivity contribution in [3.05, 3.63) is 0 Å². The highest BCUT2D eigenvalue weighted by molar-refractivity contribution is 7.88. The predicted molar refractivity (Wildman–Crippen MR) is 30.2 cm³/mol. The van der Waals surface area contributed by atoms with Crippen molar-refractivity contribution >= 4 is 10.0 Å². The molecule has 0 saturated heterocycles. The Morgan fingerprint density at radius 2 is 1.82 bits per heavy atom. The number of sulfonamides is 1. The van der Waals surface area contributed by atoms with Gasteiger partial charge in [-0.1, -0.05) is 8.96 Å². The molecule has 0 saturated carbocycles. The molecule has 0 aliphatic rings. The predicted octanol–water partition coefficient (Wildman–Crippen LogP) is 0.844. The monoisotopic (exact) mass is 190 g/mol. The summed E-state index contributed by atoms with van der Waals surface area (Å²) in [4.78, 5) is 0. The van der Waals surface area contributed by atoms with Crippen LogP contribution in [0.15, 0.2) is 0 Å². The van der Waals surface area contributed by atoms with Crippen molar-refractivity contribution in [2.24, 2.45) is 0 Å². The minimum absolute atomic E-state index is 1.43. The summed E-state index contributed by atoms with van der Waals surface area (Å²) in [5.41, 5.74) is 0. The number of hydrogen-bond donors (Lipinski definition) is 0. The maximum absolute atomic E-state index is 10.9. The standard InChI is InChI=1S/C2H3N.CH2F3NO2S/c1-2-3;2-1-8(6,7)5(3)4/h1H3;1H2. The SMILES string of the molecule is CC#N.O=S(=O)(CF)N(F)F. The van der Waals surface area contributed by atoms with Gasteiger partial charge in [0.1, 0.15) is 4.75 Å². The lowest BCUT2D eigenvalue weighted by molar-refractivity contribution is -0.0547. The fraction of sp³-hybridized carbons (Fsp3) is 0.667. The van der Waals surface area contributed by atoms with E-state index < -0.39 is 20.8 Å². The summed E-state index contributed by atoms with van der Waals surface area (Å²) in [6.45, 7) is 1.43. The molecule has 0 bridgehead atoms. The highest BCUT2D eigenvalue weighted by Gasteiger charge is 2.20. The fourth-order valence-electron chi connectivity index (χ4n) is 0.0369. The van der Waals surface area contributed by atoms with Gasteiger partial charge in [0, 0.05) is 6.92 Å². The number of halogens is 3. The van der Waals surface area contributed by atoms with Crippen LogP contribution in [0.2, 0.25) is 0 Å². The third kappa shape index (κ3) is 7.08. The zero-order valence-corrected chi connectivity index (χ0v) is 6.28. The molecule has 0 fully saturated rings. The van der Waals surface area contributed by atoms with E-state index in [0.29, 0.717) is 0 Å². The Labute approximate surface area is 61.8 Å². The highest BCUT2D eigenvalue weighted by Crippen LogP contribution is 2.01. The van der Waals surface area contributed by atoms with Crippen LogP contribution in [0.5, 0.6) is 0 Å². The van der Waals surface area contributed by atoms with Crippen LogP contribution in [0.3, 0.4) is 0 Å². The van der Waals surface area contributed by atoms with E-state index in [-0.39, 0.29) is 0 Å². The van der Waals surface area contributed by atoms with Gasteiger partial charge in [-0.3, -0.25) is 0 Å². The van der Waals surface area contributed by atoms with Crippen LogP contribution in [0.25, 0.3) is 0 Å². The van der Waals surface area contributed by atoms with Gasteiger partial charge in [0.15, 0.2) is 0 Å². The second kappa shape index (κ2) is 5.94. The Hall–Kier alpha value is -0.810. The van der Waals surface area contributed by atoms with E-state index in [2.05, 4.69) is 0 Å². The van der Waals surface area contributed by atoms with E-state index >= 15 is 0 Å². The topological polar surface area (TPSA) is 61.2 Å². The Kier molecular flexibility index (Phi) is 6.92. The molecule has 0 amide bonds. The second-order valence-corrected chi connectivity index (χ2v) is 2.77. The Morgan fingerprint density at radius 1 is 1.55 bits per heavy atom. The quantitative estimate of drug-likeness (QED) is 0.606. The van der Waals surface area contributed by atoms with Crippen molar-refractivity contribution in [3.63, 3.8) is 0 Å². The minimum Gasteiger partial charge on any atom is -0.232 e. The molecule has 0 aliphatic heterocycles. The molecule has 8 heteroatoms. The summed E-state index contributed by atoms with van der Waals surface area (Å²) in [5.74, 6) is 0. The first-order valence-corrected chi connectivity index (χ1v) is 3.74. The lowest BCUT2D eigenvalue weighted by Gasteiger charge is -1.93. The molecule has 0 rings (SSSR count). The van der Waals surface area contributed by atoms with Crippen molar-refractivity contribution in [3.8, 4) is 6.07 Å². The fourth-order valence-corrected chi connectivity index (χ4v) is 0.111. The molecule has 0 aromatic rings. The summed E-state index contributed by atoms with van der Waals surface area (Å²) in [6, 6.07) is -0.319. The number of nitrogens with zero attached hydrogens (tertiary/aromatic N) is 2. The molecule has 66 valence electrons. The van der Waals surface area contributed by atoms with Gasteiger partial charge in [0.25, 0.3) is 10.0 Å². The zero-order chi connectivity index (χ0) is 9.49. The van der Waals surface area contributed by atoms with Gasteiger partial charge in [-0.2, -0.15) is 5.26 Å². The molecule has 4 nitrogen and oxygen atoms in total. The van der Waals surface area contributed by atoms with E-state index in [0.717, 1.165) is 0 Å². The molecule has 0 heterocycles. The summed E-state index contributed by atoms with van der Waals surface area (Å²) >= 11 is 0. The number of rotatable bonds is 2. The third-order valence-electron chi connectivity index (χ3n) is 0.348. The van der Waals surface area contributed by atoms with Crippen LogP contribution in [-0.2, 0) is 10.0 Å². The lowest BCUT2D eigenvalue weighted by Crippen LogP contribution is -2.15. The molecule has 0 spiro atoms. The Bertz CT molecular complexity index is 219. The molecule has 0 radical (unpaired) electrons. The summed E-state index contributed by atoms with van der Waals surface area (Å²) in [6.07, 6.45) is 0. The van der Waals surface area contributed by atoms with Crippen molar-refractivity contribution in [2.45, 2.75) is 6.92 Å². The average Bonchev–Trinajstić information content (AvgIpc) is 1.89. The number of alkyl halides is 1. The van der Waals surface area contributed by atoms with Crippen LogP contribution in [-0.4, -0.2) is 19.2 Å². The summed E-state index contributed by atoms with van der Waals surface area (Å²) < 4.78 is 49.4. The molecule has 0 aromatic heterocycles. The Morgan fingerprint density at radius 3 is 1.82 bits per heavy atom. The molecule has 11 heavy (non-hydrogen) atoms. The van der Waals surface area contributed by atoms with Gasteiger partial charge in [-0.25, -0.2) is 12.8 Å². The first-order chi connectivity index (χ1) is 4.92. The van der Waals surface area contributed by atoms with Gasteiger partial charge in [0.05, 0.1) is 6.07 Å². The van der Waals surface area contributed by atoms with Crippen molar-refractivity contribution in [1.82, 2.24) is 4.75 Å². The molecule has 0 aromatic carbocycles. The van der Waals surface area contributed by atoms with Gasteiger partial charge in [-0.05, 0) is 0 Å². The smallest absolute Gasteiger partial charge is 0.232 e. The first-order valence-electron chi connectivity index (χ1n) is 2.13. The van der Waals surface area contributed by atoms with E-state index in [1.807, 2.05) is 0 Å². The second-order valence-electron chi connectivity index (χ2n) is 1.12. The minimum atomic E-state index is -4.90. The largest absolute Gasteiger partial charge is 0.297 e. The van der Waals surface area contributed by atoms with Crippen molar-refractivity contribution < 1.29 is 21.8 Å². The Balaban J connectivity index is 0. The van der Waals surface area contributed by atoms with Gasteiger partial charge >= 0.3 is 0 Å². The van der Waals surface area contributed by atoms with Crippen LogP contribution in [0.1, 0.15) is 6.92 Å². The van der Waals surface area contributed by atoms with E-state index in [1.54, 1.807) is 6.07 Å². The van der Waals surface area contributed by atoms with Crippen LogP contribution in [0.4, 0.5) is 13.4 Å². The van der Waals surface area contributed by atoms with Gasteiger partial charge in [0.2, 0.25) is 6.01 Å². The van der Waals surface area contributed by atoms with Crippen LogP contribution >= 0.6 is 0 Å². The molecular formula is C3H5F3N2O2S. The highest BCUT2D eigenvalue weighted by atomic mass is 32.2. The van der Waals surface area contributed by atoms with Gasteiger partial charge < -0.3 is 0 Å². The maximum Gasteiger partial charge on any atom is 0.297 e. The first kappa shape index (κ1) is 12.8. The van der Waals surface area contributed by atoms with Crippen molar-refractivity contribution in [1.29, 1.82) is 5.26 Å². The average molecular weight is 190 g/mol. The van der Waals surface area contributed by atoms with E-state index in [9.17, 15) is 21.8 Å².